The van der Waals surface area contributed by atoms with Crippen molar-refractivity contribution in [1.29, 1.82) is 0 Å². The number of aromatic nitrogens is 2. The van der Waals surface area contributed by atoms with E-state index in [9.17, 15) is 9.59 Å². The van der Waals surface area contributed by atoms with E-state index in [4.69, 9.17) is 0 Å². The second-order valence-corrected chi connectivity index (χ2v) is 5.82. The molecule has 0 saturated heterocycles. The Labute approximate surface area is 147 Å². The van der Waals surface area contributed by atoms with Crippen molar-refractivity contribution in [3.63, 3.8) is 0 Å². The van der Waals surface area contributed by atoms with E-state index in [0.717, 1.165) is 18.7 Å². The second kappa shape index (κ2) is 8.79. The Bertz CT molecular complexity index is 747. The third-order valence-electron chi connectivity index (χ3n) is 3.50. The minimum Gasteiger partial charge on any atom is -0.355 e. The third-order valence-corrected chi connectivity index (χ3v) is 3.50. The van der Waals surface area contributed by atoms with Crippen molar-refractivity contribution < 1.29 is 9.59 Å². The molecule has 1 aromatic carbocycles. The average molecular weight is 341 g/mol. The number of hydrogen-bond donors (Lipinski definition) is 2. The smallest absolute Gasteiger partial charge is 0.251 e. The van der Waals surface area contributed by atoms with Crippen molar-refractivity contribution in [2.45, 2.75) is 6.54 Å². The van der Waals surface area contributed by atoms with Gasteiger partial charge in [0, 0.05) is 31.4 Å². The molecule has 0 saturated carbocycles. The topological polar surface area (TPSA) is 79.3 Å². The summed E-state index contributed by atoms with van der Waals surface area (Å²) in [5.74, 6) is -0.373. The molecule has 0 unspecified atom stereocenters. The number of nitrogens with zero attached hydrogens (tertiary/aromatic N) is 3. The van der Waals surface area contributed by atoms with Crippen LogP contribution >= 0.6 is 0 Å². The minimum absolute atomic E-state index is 0.139. The van der Waals surface area contributed by atoms with E-state index in [2.05, 4.69) is 20.6 Å². The molecule has 132 valence electrons. The van der Waals surface area contributed by atoms with Gasteiger partial charge in [0.1, 0.15) is 0 Å². The molecule has 2 amide bonds. The molecule has 0 aliphatic heterocycles. The van der Waals surface area contributed by atoms with Gasteiger partial charge in [-0.25, -0.2) is 0 Å². The first kappa shape index (κ1) is 18.4. The number of likely N-dealkylation sites (N-methyl/N-ethyl adjacent to an activating group) is 1. The number of amides is 2. The summed E-state index contributed by atoms with van der Waals surface area (Å²) in [4.78, 5) is 25.5. The Morgan fingerprint density at radius 1 is 1.24 bits per heavy atom. The first-order chi connectivity index (χ1) is 12.0. The largest absolute Gasteiger partial charge is 0.355 e. The second-order valence-electron chi connectivity index (χ2n) is 5.82. The number of anilines is 1. The molecule has 0 bridgehead atoms. The van der Waals surface area contributed by atoms with Gasteiger partial charge in [0.25, 0.3) is 5.91 Å². The van der Waals surface area contributed by atoms with E-state index in [1.165, 1.54) is 6.08 Å². The highest BCUT2D eigenvalue weighted by molar-refractivity contribution is 6.01. The first-order valence-electron chi connectivity index (χ1n) is 7.96. The molecule has 0 aliphatic carbocycles. The summed E-state index contributed by atoms with van der Waals surface area (Å²) in [5, 5.41) is 9.54. The van der Waals surface area contributed by atoms with Crippen LogP contribution in [0.3, 0.4) is 0 Å². The highest BCUT2D eigenvalue weighted by Crippen LogP contribution is 2.08. The summed E-state index contributed by atoms with van der Waals surface area (Å²) in [6.45, 7) is 1.64. The fraction of sp³-hybridized carbons (Fsp3) is 0.278. The van der Waals surface area contributed by atoms with Crippen LogP contribution in [-0.2, 0) is 11.3 Å². The van der Waals surface area contributed by atoms with Gasteiger partial charge in [-0.05, 0) is 37.9 Å². The predicted octanol–water partition coefficient (Wildman–Crippen LogP) is 1.46. The van der Waals surface area contributed by atoms with Crippen LogP contribution in [0.4, 0.5) is 5.69 Å². The average Bonchev–Trinajstić information content (AvgIpc) is 3.05. The lowest BCUT2D eigenvalue weighted by Gasteiger charge is -2.08. The van der Waals surface area contributed by atoms with E-state index in [0.29, 0.717) is 11.3 Å². The van der Waals surface area contributed by atoms with Crippen molar-refractivity contribution >= 4 is 23.6 Å². The summed E-state index contributed by atoms with van der Waals surface area (Å²) in [6.07, 6.45) is 6.57. The number of carbonyl (C=O) groups is 2. The van der Waals surface area contributed by atoms with Gasteiger partial charge < -0.3 is 15.5 Å². The van der Waals surface area contributed by atoms with Gasteiger partial charge in [-0.1, -0.05) is 12.1 Å². The van der Waals surface area contributed by atoms with Gasteiger partial charge in [-0.15, -0.1) is 0 Å². The summed E-state index contributed by atoms with van der Waals surface area (Å²) >= 11 is 0. The number of hydrogen-bond acceptors (Lipinski definition) is 4. The SMILES string of the molecule is CNC(=O)c1ccc(/C=C\C(=O)Nc2cnn(CCN(C)C)c2)cc1. The summed E-state index contributed by atoms with van der Waals surface area (Å²) in [6, 6.07) is 7.00. The van der Waals surface area contributed by atoms with Crippen molar-refractivity contribution in [2.75, 3.05) is 33.0 Å². The standard InChI is InChI=1S/C18H23N5O2/c1-19-18(25)15-7-4-14(5-8-15)6-9-17(24)21-16-12-20-23(13-16)11-10-22(2)3/h4-9,12-13H,10-11H2,1-3H3,(H,19,25)(H,21,24)/b9-6-. The highest BCUT2D eigenvalue weighted by atomic mass is 16.2. The predicted molar refractivity (Wildman–Crippen MR) is 98.3 cm³/mol. The zero-order valence-electron chi connectivity index (χ0n) is 14.7. The normalized spacial score (nSPS) is 11.0. The van der Waals surface area contributed by atoms with Crippen LogP contribution in [-0.4, -0.2) is 54.2 Å². The third kappa shape index (κ3) is 5.89. The van der Waals surface area contributed by atoms with Crippen LogP contribution in [0.5, 0.6) is 0 Å². The Kier molecular flexibility index (Phi) is 6.47. The van der Waals surface area contributed by atoms with E-state index in [1.807, 2.05) is 14.1 Å². The molecule has 2 rings (SSSR count). The number of carbonyl (C=O) groups excluding carboxylic acids is 2. The fourth-order valence-electron chi connectivity index (χ4n) is 2.10. The molecular weight excluding hydrogens is 318 g/mol. The van der Waals surface area contributed by atoms with Crippen molar-refractivity contribution in [2.24, 2.45) is 0 Å². The first-order valence-corrected chi connectivity index (χ1v) is 7.96. The Hall–Kier alpha value is -2.93. The molecule has 25 heavy (non-hydrogen) atoms. The molecule has 1 aromatic heterocycles. The van der Waals surface area contributed by atoms with Crippen LogP contribution < -0.4 is 10.6 Å². The molecule has 1 heterocycles. The number of rotatable bonds is 7. The molecular formula is C18H23N5O2. The molecule has 0 atom stereocenters. The maximum Gasteiger partial charge on any atom is 0.251 e. The lowest BCUT2D eigenvalue weighted by Crippen LogP contribution is -2.18. The Morgan fingerprint density at radius 3 is 2.60 bits per heavy atom. The molecule has 0 spiro atoms. The van der Waals surface area contributed by atoms with E-state index >= 15 is 0 Å². The Balaban J connectivity index is 1.89. The van der Waals surface area contributed by atoms with Crippen molar-refractivity contribution in [1.82, 2.24) is 20.0 Å². The maximum atomic E-state index is 12.0. The van der Waals surface area contributed by atoms with Crippen molar-refractivity contribution in [3.8, 4) is 0 Å². The van der Waals surface area contributed by atoms with Gasteiger partial charge in [0.15, 0.2) is 0 Å². The van der Waals surface area contributed by atoms with Crippen molar-refractivity contribution in [3.05, 3.63) is 53.9 Å². The van der Waals surface area contributed by atoms with Crippen LogP contribution in [0.25, 0.3) is 6.08 Å². The molecule has 0 fully saturated rings. The van der Waals surface area contributed by atoms with Gasteiger partial charge in [0.2, 0.25) is 5.91 Å². The van der Waals surface area contributed by atoms with Crippen LogP contribution in [0.15, 0.2) is 42.7 Å². The van der Waals surface area contributed by atoms with Crippen LogP contribution in [0.2, 0.25) is 0 Å². The quantitative estimate of drug-likeness (QED) is 0.747. The fourth-order valence-corrected chi connectivity index (χ4v) is 2.10. The monoisotopic (exact) mass is 341 g/mol. The minimum atomic E-state index is -0.234. The molecule has 7 nitrogen and oxygen atoms in total. The van der Waals surface area contributed by atoms with Gasteiger partial charge in [-0.2, -0.15) is 5.10 Å². The molecule has 2 N–H and O–H groups in total. The maximum absolute atomic E-state index is 12.0. The van der Waals surface area contributed by atoms with E-state index < -0.39 is 0 Å². The highest BCUT2D eigenvalue weighted by Gasteiger charge is 2.03. The van der Waals surface area contributed by atoms with Gasteiger partial charge >= 0.3 is 0 Å². The summed E-state index contributed by atoms with van der Waals surface area (Å²) in [5.41, 5.74) is 2.07. The molecule has 0 radical (unpaired) electrons. The zero-order valence-corrected chi connectivity index (χ0v) is 14.7. The number of benzene rings is 1. The summed E-state index contributed by atoms with van der Waals surface area (Å²) < 4.78 is 1.79. The van der Waals surface area contributed by atoms with Crippen LogP contribution in [0, 0.1) is 0 Å². The molecule has 2 aromatic rings. The van der Waals surface area contributed by atoms with E-state index in [1.54, 1.807) is 54.5 Å². The molecule has 0 aliphatic rings. The zero-order chi connectivity index (χ0) is 18.2. The lowest BCUT2D eigenvalue weighted by molar-refractivity contribution is -0.111. The van der Waals surface area contributed by atoms with Gasteiger partial charge in [-0.3, -0.25) is 14.3 Å². The Morgan fingerprint density at radius 2 is 1.96 bits per heavy atom. The summed E-state index contributed by atoms with van der Waals surface area (Å²) in [7, 11) is 5.58. The van der Waals surface area contributed by atoms with E-state index in [-0.39, 0.29) is 11.8 Å². The number of nitrogens with one attached hydrogen (secondary N) is 2. The van der Waals surface area contributed by atoms with Gasteiger partial charge in [0.05, 0.1) is 18.4 Å². The molecule has 7 heteroatoms. The lowest BCUT2D eigenvalue weighted by atomic mass is 10.1. The van der Waals surface area contributed by atoms with Crippen LogP contribution in [0.1, 0.15) is 15.9 Å².